The van der Waals surface area contributed by atoms with E-state index in [4.69, 9.17) is 5.73 Å². The van der Waals surface area contributed by atoms with Gasteiger partial charge in [-0.3, -0.25) is 0 Å². The molecule has 3 N–H and O–H groups in total. The zero-order valence-electron chi connectivity index (χ0n) is 9.73. The summed E-state index contributed by atoms with van der Waals surface area (Å²) in [6, 6.07) is 3.95. The van der Waals surface area contributed by atoms with E-state index in [1.807, 2.05) is 13.8 Å². The molecule has 2 rings (SSSR count). The highest BCUT2D eigenvalue weighted by Crippen LogP contribution is 2.48. The molecule has 0 spiro atoms. The lowest BCUT2D eigenvalue weighted by molar-refractivity contribution is -0.136. The minimum Gasteiger partial charge on any atom is -0.399 e. The average Bonchev–Trinajstić information content (AvgIpc) is 2.75. The molecule has 17 heavy (non-hydrogen) atoms. The molecule has 5 heteroatoms. The van der Waals surface area contributed by atoms with Gasteiger partial charge in [0.15, 0.2) is 0 Å². The van der Waals surface area contributed by atoms with Crippen LogP contribution in [0.2, 0.25) is 0 Å². The van der Waals surface area contributed by atoms with Crippen LogP contribution in [0.1, 0.15) is 25.8 Å². The highest BCUT2D eigenvalue weighted by molar-refractivity contribution is 5.60. The Bertz CT molecular complexity index is 438. The number of alkyl halides is 3. The lowest BCUT2D eigenvalue weighted by Crippen LogP contribution is -2.15. The average molecular weight is 244 g/mol. The molecular weight excluding hydrogens is 229 g/mol. The SMILES string of the molecule is CC1(C)CC1Nc1ccc(N)cc1C(F)(F)F. The van der Waals surface area contributed by atoms with Crippen molar-refractivity contribution in [3.63, 3.8) is 0 Å². The third-order valence-corrected chi connectivity index (χ3v) is 3.19. The van der Waals surface area contributed by atoms with Gasteiger partial charge in [0, 0.05) is 17.4 Å². The Labute approximate surface area is 98.0 Å². The molecule has 1 unspecified atom stereocenters. The molecule has 1 aliphatic rings. The summed E-state index contributed by atoms with van der Waals surface area (Å²) in [6.45, 7) is 4.05. The molecular formula is C12H15F3N2. The molecule has 1 aliphatic carbocycles. The quantitative estimate of drug-likeness (QED) is 0.781. The molecule has 0 aliphatic heterocycles. The molecule has 0 heterocycles. The first-order valence-electron chi connectivity index (χ1n) is 5.43. The van der Waals surface area contributed by atoms with E-state index in [0.29, 0.717) is 0 Å². The minimum absolute atomic E-state index is 0.0737. The summed E-state index contributed by atoms with van der Waals surface area (Å²) in [5.41, 5.74) is 5.01. The molecule has 1 atom stereocenters. The van der Waals surface area contributed by atoms with Crippen LogP contribution >= 0.6 is 0 Å². The van der Waals surface area contributed by atoms with Gasteiger partial charge in [-0.15, -0.1) is 0 Å². The summed E-state index contributed by atoms with van der Waals surface area (Å²) in [5, 5.41) is 2.93. The molecule has 1 aromatic rings. The number of nitrogens with two attached hydrogens (primary N) is 1. The van der Waals surface area contributed by atoms with Gasteiger partial charge in [0.25, 0.3) is 0 Å². The van der Waals surface area contributed by atoms with Gasteiger partial charge in [-0.1, -0.05) is 13.8 Å². The van der Waals surface area contributed by atoms with Gasteiger partial charge in [0.2, 0.25) is 0 Å². The van der Waals surface area contributed by atoms with Crippen molar-refractivity contribution >= 4 is 11.4 Å². The predicted octanol–water partition coefficient (Wildman–Crippen LogP) is 3.50. The van der Waals surface area contributed by atoms with Crippen LogP contribution in [0.25, 0.3) is 0 Å². The number of benzene rings is 1. The summed E-state index contributed by atoms with van der Waals surface area (Å²) >= 11 is 0. The number of nitrogen functional groups attached to an aromatic ring is 1. The van der Waals surface area contributed by atoms with Crippen molar-refractivity contribution in [2.75, 3.05) is 11.1 Å². The van der Waals surface area contributed by atoms with E-state index in [2.05, 4.69) is 5.32 Å². The summed E-state index contributed by atoms with van der Waals surface area (Å²) in [7, 11) is 0. The van der Waals surface area contributed by atoms with Gasteiger partial charge in [-0.25, -0.2) is 0 Å². The third-order valence-electron chi connectivity index (χ3n) is 3.19. The van der Waals surface area contributed by atoms with E-state index >= 15 is 0 Å². The maximum Gasteiger partial charge on any atom is 0.418 e. The first kappa shape index (κ1) is 12.1. The maximum atomic E-state index is 12.8. The van der Waals surface area contributed by atoms with Crippen LogP contribution in [-0.2, 0) is 6.18 Å². The Morgan fingerprint density at radius 2 is 1.94 bits per heavy atom. The number of hydrogen-bond donors (Lipinski definition) is 2. The number of hydrogen-bond acceptors (Lipinski definition) is 2. The van der Waals surface area contributed by atoms with Crippen LogP contribution in [-0.4, -0.2) is 6.04 Å². The molecule has 0 aromatic heterocycles. The third kappa shape index (κ3) is 2.48. The van der Waals surface area contributed by atoms with E-state index in [9.17, 15) is 13.2 Å². The molecule has 0 radical (unpaired) electrons. The van der Waals surface area contributed by atoms with E-state index in [-0.39, 0.29) is 22.8 Å². The van der Waals surface area contributed by atoms with Crippen LogP contribution < -0.4 is 11.1 Å². The largest absolute Gasteiger partial charge is 0.418 e. The van der Waals surface area contributed by atoms with Crippen molar-refractivity contribution in [2.45, 2.75) is 32.5 Å². The highest BCUT2D eigenvalue weighted by Gasteiger charge is 2.46. The fourth-order valence-electron chi connectivity index (χ4n) is 1.82. The van der Waals surface area contributed by atoms with E-state index in [1.54, 1.807) is 0 Å². The number of halogens is 3. The predicted molar refractivity (Wildman–Crippen MR) is 61.7 cm³/mol. The zero-order valence-corrected chi connectivity index (χ0v) is 9.73. The smallest absolute Gasteiger partial charge is 0.399 e. The molecule has 1 saturated carbocycles. The normalized spacial score (nSPS) is 22.3. The van der Waals surface area contributed by atoms with Crippen molar-refractivity contribution in [1.82, 2.24) is 0 Å². The minimum atomic E-state index is -4.38. The number of anilines is 2. The van der Waals surface area contributed by atoms with Crippen LogP contribution in [0.3, 0.4) is 0 Å². The Balaban J connectivity index is 2.28. The van der Waals surface area contributed by atoms with Crippen LogP contribution in [0.4, 0.5) is 24.5 Å². The molecule has 94 valence electrons. The first-order chi connectivity index (χ1) is 7.70. The molecule has 0 bridgehead atoms. The Hall–Kier alpha value is -1.39. The van der Waals surface area contributed by atoms with Crippen molar-refractivity contribution in [3.8, 4) is 0 Å². The Morgan fingerprint density at radius 1 is 1.35 bits per heavy atom. The number of rotatable bonds is 2. The Morgan fingerprint density at radius 3 is 2.41 bits per heavy atom. The van der Waals surface area contributed by atoms with E-state index < -0.39 is 11.7 Å². The van der Waals surface area contributed by atoms with Crippen molar-refractivity contribution < 1.29 is 13.2 Å². The topological polar surface area (TPSA) is 38.0 Å². The molecule has 2 nitrogen and oxygen atoms in total. The molecule has 1 fully saturated rings. The van der Waals surface area contributed by atoms with Gasteiger partial charge in [0.05, 0.1) is 5.56 Å². The second kappa shape index (κ2) is 3.55. The van der Waals surface area contributed by atoms with Gasteiger partial charge >= 0.3 is 6.18 Å². The van der Waals surface area contributed by atoms with Crippen molar-refractivity contribution in [1.29, 1.82) is 0 Å². The van der Waals surface area contributed by atoms with Gasteiger partial charge in [-0.05, 0) is 30.0 Å². The van der Waals surface area contributed by atoms with E-state index in [0.717, 1.165) is 12.5 Å². The standard InChI is InChI=1S/C12H15F3N2/c1-11(2)6-10(11)17-9-4-3-7(16)5-8(9)12(13,14)15/h3-5,10,17H,6,16H2,1-2H3. The molecule has 0 saturated heterocycles. The second-order valence-corrected chi connectivity index (χ2v) is 5.19. The molecule has 1 aromatic carbocycles. The lowest BCUT2D eigenvalue weighted by atomic mass is 10.1. The maximum absolute atomic E-state index is 12.8. The first-order valence-corrected chi connectivity index (χ1v) is 5.43. The van der Waals surface area contributed by atoms with Gasteiger partial charge < -0.3 is 11.1 Å². The number of nitrogens with one attached hydrogen (secondary N) is 1. The van der Waals surface area contributed by atoms with Gasteiger partial charge in [0.1, 0.15) is 0 Å². The fourth-order valence-corrected chi connectivity index (χ4v) is 1.82. The van der Waals surface area contributed by atoms with Gasteiger partial charge in [-0.2, -0.15) is 13.2 Å². The Kier molecular flexibility index (Phi) is 2.52. The zero-order chi connectivity index (χ0) is 12.8. The summed E-state index contributed by atoms with van der Waals surface area (Å²) in [6.07, 6.45) is -3.49. The van der Waals surface area contributed by atoms with Crippen molar-refractivity contribution in [2.24, 2.45) is 5.41 Å². The lowest BCUT2D eigenvalue weighted by Gasteiger charge is -2.16. The van der Waals surface area contributed by atoms with Crippen LogP contribution in [0, 0.1) is 5.41 Å². The van der Waals surface area contributed by atoms with Crippen molar-refractivity contribution in [3.05, 3.63) is 23.8 Å². The fraction of sp³-hybridized carbons (Fsp3) is 0.500. The van der Waals surface area contributed by atoms with Crippen LogP contribution in [0.15, 0.2) is 18.2 Å². The second-order valence-electron chi connectivity index (χ2n) is 5.19. The monoisotopic (exact) mass is 244 g/mol. The highest BCUT2D eigenvalue weighted by atomic mass is 19.4. The summed E-state index contributed by atoms with van der Waals surface area (Å²) in [4.78, 5) is 0. The summed E-state index contributed by atoms with van der Waals surface area (Å²) in [5.74, 6) is 0. The van der Waals surface area contributed by atoms with Crippen LogP contribution in [0.5, 0.6) is 0 Å². The van der Waals surface area contributed by atoms with E-state index in [1.165, 1.54) is 12.1 Å². The summed E-state index contributed by atoms with van der Waals surface area (Å²) < 4.78 is 38.4. The molecule has 0 amide bonds.